The average Bonchev–Trinajstić information content (AvgIpc) is 2.16. The fourth-order valence-electron chi connectivity index (χ4n) is 1.01. The number of hydrogen-bond acceptors (Lipinski definition) is 2. The van der Waals surface area contributed by atoms with Crippen LogP contribution >= 0.6 is 22.6 Å². The van der Waals surface area contributed by atoms with Gasteiger partial charge in [0.2, 0.25) is 5.88 Å². The predicted molar refractivity (Wildman–Crippen MR) is 53.5 cm³/mol. The monoisotopic (exact) mass is 389 g/mol. The molecule has 0 saturated carbocycles. The number of rotatable bonds is 2. The summed E-state index contributed by atoms with van der Waals surface area (Å²) < 4.78 is 88.0. The van der Waals surface area contributed by atoms with E-state index in [1.54, 1.807) is 0 Å². The van der Waals surface area contributed by atoms with Crippen LogP contribution < -0.4 is 4.74 Å². The molecule has 0 aromatic carbocycles. The van der Waals surface area contributed by atoms with Gasteiger partial charge in [0, 0.05) is 15.2 Å². The second-order valence-electron chi connectivity index (χ2n) is 2.96. The van der Waals surface area contributed by atoms with Crippen LogP contribution in [0.3, 0.4) is 0 Å². The largest absolute Gasteiger partial charge is 0.574 e. The Morgan fingerprint density at radius 2 is 1.72 bits per heavy atom. The van der Waals surface area contributed by atoms with Gasteiger partial charge in [0.25, 0.3) is 0 Å². The first-order valence-electron chi connectivity index (χ1n) is 4.13. The molecular weight excluding hydrogens is 386 g/mol. The first-order valence-corrected chi connectivity index (χ1v) is 5.21. The van der Waals surface area contributed by atoms with Crippen molar-refractivity contribution in [3.8, 4) is 5.88 Å². The first-order chi connectivity index (χ1) is 8.04. The molecule has 18 heavy (non-hydrogen) atoms. The Kier molecular flexibility index (Phi) is 4.28. The van der Waals surface area contributed by atoms with Crippen molar-refractivity contribution in [2.24, 2.45) is 0 Å². The van der Waals surface area contributed by atoms with Crippen LogP contribution in [0.1, 0.15) is 11.3 Å². The molecule has 0 radical (unpaired) electrons. The molecule has 0 aliphatic rings. The molecule has 2 nitrogen and oxygen atoms in total. The standard InChI is InChI=1S/C8H3F7INO/c9-2-3-1-4(18-8(13,14)15)17-6(5(3)16)7(10,11)12/h1H,2H2. The van der Waals surface area contributed by atoms with E-state index in [1.807, 2.05) is 0 Å². The van der Waals surface area contributed by atoms with Crippen LogP contribution in [0.2, 0.25) is 0 Å². The molecule has 0 saturated heterocycles. The molecule has 0 N–H and O–H groups in total. The molecule has 0 amide bonds. The highest BCUT2D eigenvalue weighted by molar-refractivity contribution is 14.1. The molecule has 102 valence electrons. The quantitative estimate of drug-likeness (QED) is 0.562. The first kappa shape index (κ1) is 15.2. The normalized spacial score (nSPS) is 12.7. The van der Waals surface area contributed by atoms with Gasteiger partial charge in [0.1, 0.15) is 6.67 Å². The van der Waals surface area contributed by atoms with Gasteiger partial charge < -0.3 is 4.74 Å². The third-order valence-electron chi connectivity index (χ3n) is 1.64. The molecule has 0 atom stereocenters. The van der Waals surface area contributed by atoms with E-state index >= 15 is 0 Å². The number of nitrogens with zero attached hydrogens (tertiary/aromatic N) is 1. The summed E-state index contributed by atoms with van der Waals surface area (Å²) >= 11 is 1.16. The summed E-state index contributed by atoms with van der Waals surface area (Å²) in [5.41, 5.74) is -2.19. The highest BCUT2D eigenvalue weighted by Gasteiger charge is 2.38. The van der Waals surface area contributed by atoms with Crippen LogP contribution in [-0.2, 0) is 12.9 Å². The van der Waals surface area contributed by atoms with Crippen LogP contribution in [0.25, 0.3) is 0 Å². The van der Waals surface area contributed by atoms with Crippen LogP contribution in [-0.4, -0.2) is 11.3 Å². The molecule has 0 fully saturated rings. The Balaban J connectivity index is 3.31. The molecule has 1 aromatic heterocycles. The Hall–Kier alpha value is -0.810. The molecule has 0 aliphatic carbocycles. The fourth-order valence-corrected chi connectivity index (χ4v) is 1.74. The fraction of sp³-hybridized carbons (Fsp3) is 0.375. The van der Waals surface area contributed by atoms with Crippen LogP contribution in [0.4, 0.5) is 30.7 Å². The average molecular weight is 389 g/mol. The van der Waals surface area contributed by atoms with Gasteiger partial charge in [0.05, 0.1) is 0 Å². The zero-order chi connectivity index (χ0) is 14.1. The minimum atomic E-state index is -5.20. The van der Waals surface area contributed by atoms with E-state index in [-0.39, 0.29) is 0 Å². The highest BCUT2D eigenvalue weighted by Crippen LogP contribution is 2.35. The summed E-state index contributed by atoms with van der Waals surface area (Å²) in [6, 6.07) is 0.477. The van der Waals surface area contributed by atoms with Crippen LogP contribution in [0, 0.1) is 3.57 Å². The highest BCUT2D eigenvalue weighted by atomic mass is 127. The van der Waals surface area contributed by atoms with E-state index in [1.165, 1.54) is 0 Å². The van der Waals surface area contributed by atoms with E-state index in [2.05, 4.69) is 9.72 Å². The topological polar surface area (TPSA) is 22.1 Å². The third kappa shape index (κ3) is 3.85. The van der Waals surface area contributed by atoms with Crippen LogP contribution in [0.15, 0.2) is 6.07 Å². The Bertz CT molecular complexity index is 442. The maximum atomic E-state index is 12.5. The Labute approximate surface area is 109 Å². The summed E-state index contributed by atoms with van der Waals surface area (Å²) in [6.45, 7) is -1.36. The Morgan fingerprint density at radius 1 is 1.17 bits per heavy atom. The van der Waals surface area contributed by atoms with Gasteiger partial charge in [-0.2, -0.15) is 13.2 Å². The summed E-state index contributed by atoms with van der Waals surface area (Å²) in [5.74, 6) is -1.34. The Morgan fingerprint density at radius 3 is 2.11 bits per heavy atom. The maximum Gasteiger partial charge on any atom is 0.574 e. The number of ether oxygens (including phenoxy) is 1. The van der Waals surface area contributed by atoms with Crippen molar-refractivity contribution < 1.29 is 35.5 Å². The van der Waals surface area contributed by atoms with Crippen molar-refractivity contribution in [1.82, 2.24) is 4.98 Å². The molecule has 0 bridgehead atoms. The van der Waals surface area contributed by atoms with Gasteiger partial charge in [-0.1, -0.05) is 0 Å². The number of aromatic nitrogens is 1. The van der Waals surface area contributed by atoms with E-state index in [0.29, 0.717) is 6.07 Å². The number of pyridine rings is 1. The van der Waals surface area contributed by atoms with Crippen molar-refractivity contribution in [2.45, 2.75) is 19.2 Å². The van der Waals surface area contributed by atoms with Gasteiger partial charge in [-0.25, -0.2) is 9.37 Å². The molecule has 0 aliphatic heterocycles. The van der Waals surface area contributed by atoms with Crippen LogP contribution in [0.5, 0.6) is 5.88 Å². The smallest absolute Gasteiger partial charge is 0.388 e. The predicted octanol–water partition coefficient (Wildman–Crippen LogP) is 4.07. The summed E-state index contributed by atoms with van der Waals surface area (Å²) in [4.78, 5) is 2.70. The summed E-state index contributed by atoms with van der Waals surface area (Å²) in [6.07, 6.45) is -10.2. The molecule has 1 heterocycles. The number of halogens is 8. The number of alkyl halides is 7. The van der Waals surface area contributed by atoms with Crippen molar-refractivity contribution in [1.29, 1.82) is 0 Å². The van der Waals surface area contributed by atoms with Crippen molar-refractivity contribution in [3.63, 3.8) is 0 Å². The number of hydrogen-bond donors (Lipinski definition) is 0. The molecule has 0 unspecified atom stereocenters. The SMILES string of the molecule is FCc1cc(OC(F)(F)F)nc(C(F)(F)F)c1I. The summed E-state index contributed by atoms with van der Waals surface area (Å²) in [7, 11) is 0. The van der Waals surface area contributed by atoms with E-state index < -0.39 is 39.9 Å². The van der Waals surface area contributed by atoms with Gasteiger partial charge in [-0.05, 0) is 22.6 Å². The minimum absolute atomic E-state index is 0.477. The maximum absolute atomic E-state index is 12.5. The molecule has 1 rings (SSSR count). The lowest BCUT2D eigenvalue weighted by Gasteiger charge is -2.14. The van der Waals surface area contributed by atoms with Crippen molar-refractivity contribution in [3.05, 3.63) is 20.9 Å². The van der Waals surface area contributed by atoms with E-state index in [4.69, 9.17) is 0 Å². The van der Waals surface area contributed by atoms with Gasteiger partial charge in [-0.3, -0.25) is 0 Å². The van der Waals surface area contributed by atoms with E-state index in [0.717, 1.165) is 22.6 Å². The molecule has 1 aromatic rings. The van der Waals surface area contributed by atoms with Crippen molar-refractivity contribution >= 4 is 22.6 Å². The zero-order valence-electron chi connectivity index (χ0n) is 8.16. The lowest BCUT2D eigenvalue weighted by molar-refractivity contribution is -0.276. The van der Waals surface area contributed by atoms with E-state index in [9.17, 15) is 30.7 Å². The zero-order valence-corrected chi connectivity index (χ0v) is 10.3. The minimum Gasteiger partial charge on any atom is -0.388 e. The molecule has 0 spiro atoms. The second-order valence-corrected chi connectivity index (χ2v) is 4.04. The second kappa shape index (κ2) is 5.05. The van der Waals surface area contributed by atoms with Gasteiger partial charge in [0.15, 0.2) is 5.69 Å². The molecule has 10 heteroatoms. The lowest BCUT2D eigenvalue weighted by atomic mass is 10.2. The lowest BCUT2D eigenvalue weighted by Crippen LogP contribution is -2.20. The van der Waals surface area contributed by atoms with Gasteiger partial charge in [-0.15, -0.1) is 13.2 Å². The van der Waals surface area contributed by atoms with Gasteiger partial charge >= 0.3 is 12.5 Å². The van der Waals surface area contributed by atoms with Crippen molar-refractivity contribution in [2.75, 3.05) is 0 Å². The third-order valence-corrected chi connectivity index (χ3v) is 2.85. The molecular formula is C8H3F7INO. The summed E-state index contributed by atoms with van der Waals surface area (Å²) in [5, 5.41) is 0.